The fourth-order valence-corrected chi connectivity index (χ4v) is 3.94. The Balaban J connectivity index is 1.31. The Morgan fingerprint density at radius 3 is 2.45 bits per heavy atom. The number of alkyl halides is 4. The lowest BCUT2D eigenvalue weighted by atomic mass is 9.91. The van der Waals surface area contributed by atoms with E-state index in [9.17, 15) is 22.4 Å². The number of amides is 1. The van der Waals surface area contributed by atoms with Crippen LogP contribution < -0.4 is 16.0 Å². The molecule has 7 nitrogen and oxygen atoms in total. The second-order valence-corrected chi connectivity index (χ2v) is 7.95. The summed E-state index contributed by atoms with van der Waals surface area (Å²) in [5, 5.41) is 8.84. The number of carbonyl (C=O) groups is 1. The maximum Gasteiger partial charge on any atom is 0.281 e. The number of aromatic nitrogens is 3. The summed E-state index contributed by atoms with van der Waals surface area (Å²) in [4.78, 5) is 20.6. The number of hydrogen-bond donors (Lipinski definition) is 3. The smallest absolute Gasteiger partial charge is 0.281 e. The van der Waals surface area contributed by atoms with Crippen LogP contribution in [-0.4, -0.2) is 45.3 Å². The predicted octanol–water partition coefficient (Wildman–Crippen LogP) is 4.50. The molecule has 1 aliphatic carbocycles. The second kappa shape index (κ2) is 10.1. The number of rotatable bonds is 8. The lowest BCUT2D eigenvalue weighted by molar-refractivity contribution is 0.0921. The summed E-state index contributed by atoms with van der Waals surface area (Å²) < 4.78 is 52.3. The van der Waals surface area contributed by atoms with Gasteiger partial charge in [0.2, 0.25) is 0 Å². The Morgan fingerprint density at radius 2 is 1.73 bits per heavy atom. The van der Waals surface area contributed by atoms with Crippen molar-refractivity contribution in [1.29, 1.82) is 0 Å². The summed E-state index contributed by atoms with van der Waals surface area (Å²) in [5.74, 6) is 0.561. The molecule has 3 heterocycles. The molecule has 3 aromatic rings. The van der Waals surface area contributed by atoms with Gasteiger partial charge in [-0.2, -0.15) is 0 Å². The molecule has 0 unspecified atom stereocenters. The number of pyridine rings is 2. The Hall–Kier alpha value is -3.37. The zero-order valence-corrected chi connectivity index (χ0v) is 17.6. The zero-order valence-electron chi connectivity index (χ0n) is 17.6. The molecular formula is C22H24F4N6O. The van der Waals surface area contributed by atoms with Crippen molar-refractivity contribution in [3.05, 3.63) is 54.0 Å². The fourth-order valence-electron chi connectivity index (χ4n) is 3.94. The van der Waals surface area contributed by atoms with E-state index in [2.05, 4.69) is 25.9 Å². The van der Waals surface area contributed by atoms with E-state index in [-0.39, 0.29) is 35.2 Å². The molecule has 1 saturated carbocycles. The van der Waals surface area contributed by atoms with Crippen LogP contribution in [0.15, 0.2) is 42.6 Å². The van der Waals surface area contributed by atoms with Gasteiger partial charge in [0.05, 0.1) is 6.54 Å². The monoisotopic (exact) mass is 464 g/mol. The molecule has 1 amide bonds. The van der Waals surface area contributed by atoms with Crippen LogP contribution in [0, 0.1) is 0 Å². The highest BCUT2D eigenvalue weighted by molar-refractivity contribution is 5.92. The predicted molar refractivity (Wildman–Crippen MR) is 116 cm³/mol. The highest BCUT2D eigenvalue weighted by Crippen LogP contribution is 2.25. The number of nitrogens with zero attached hydrogens (tertiary/aromatic N) is 3. The number of halogens is 4. The average molecular weight is 464 g/mol. The lowest BCUT2D eigenvalue weighted by Crippen LogP contribution is -2.40. The first-order valence-corrected chi connectivity index (χ1v) is 10.7. The van der Waals surface area contributed by atoms with Gasteiger partial charge >= 0.3 is 0 Å². The molecule has 0 saturated heterocycles. The molecule has 0 spiro atoms. The number of hydrogen-bond acceptors (Lipinski definition) is 5. The van der Waals surface area contributed by atoms with Crippen molar-refractivity contribution in [1.82, 2.24) is 19.7 Å². The van der Waals surface area contributed by atoms with Gasteiger partial charge in [0.25, 0.3) is 18.8 Å². The fraction of sp³-hybridized carbons (Fsp3) is 0.409. The minimum atomic E-state index is -2.63. The third-order valence-corrected chi connectivity index (χ3v) is 5.57. The molecule has 0 bridgehead atoms. The molecular weight excluding hydrogens is 440 g/mol. The molecule has 33 heavy (non-hydrogen) atoms. The molecule has 1 fully saturated rings. The van der Waals surface area contributed by atoms with Gasteiger partial charge in [-0.05, 0) is 49.9 Å². The molecule has 4 rings (SSSR count). The second-order valence-electron chi connectivity index (χ2n) is 7.95. The zero-order chi connectivity index (χ0) is 23.4. The van der Waals surface area contributed by atoms with E-state index in [1.165, 1.54) is 18.3 Å². The molecule has 0 radical (unpaired) electrons. The maximum absolute atomic E-state index is 13.0. The number of anilines is 2. The quantitative estimate of drug-likeness (QED) is 0.428. The van der Waals surface area contributed by atoms with E-state index in [0.29, 0.717) is 11.5 Å². The summed E-state index contributed by atoms with van der Waals surface area (Å²) >= 11 is 0. The highest BCUT2D eigenvalue weighted by Gasteiger charge is 2.24. The van der Waals surface area contributed by atoms with Crippen LogP contribution in [0.5, 0.6) is 0 Å². The Labute approximate surface area is 187 Å². The van der Waals surface area contributed by atoms with Crippen LogP contribution in [0.2, 0.25) is 0 Å². The molecule has 0 atom stereocenters. The Kier molecular flexibility index (Phi) is 6.95. The number of nitrogens with one attached hydrogen (secondary N) is 3. The summed E-state index contributed by atoms with van der Waals surface area (Å²) in [6, 6.07) is 10.0. The van der Waals surface area contributed by atoms with Gasteiger partial charge < -0.3 is 16.0 Å². The molecule has 176 valence electrons. The van der Waals surface area contributed by atoms with Crippen LogP contribution in [0.3, 0.4) is 0 Å². The van der Waals surface area contributed by atoms with Crippen molar-refractivity contribution < 1.29 is 22.4 Å². The number of imidazole rings is 1. The third kappa shape index (κ3) is 5.71. The first-order chi connectivity index (χ1) is 15.9. The molecule has 1 aliphatic rings. The van der Waals surface area contributed by atoms with Gasteiger partial charge in [-0.15, -0.1) is 0 Å². The topological polar surface area (TPSA) is 83.4 Å². The van der Waals surface area contributed by atoms with Crippen LogP contribution in [0.25, 0.3) is 5.65 Å². The SMILES string of the molecule is O=C(NC1CCC(Nc2cccc3nc(C(F)F)cn23)CC1)c1cccc(NCC(F)F)n1. The van der Waals surface area contributed by atoms with E-state index < -0.39 is 19.4 Å². The minimum Gasteiger partial charge on any atom is -0.368 e. The van der Waals surface area contributed by atoms with Crippen molar-refractivity contribution in [2.45, 2.75) is 50.6 Å². The van der Waals surface area contributed by atoms with E-state index >= 15 is 0 Å². The van der Waals surface area contributed by atoms with Gasteiger partial charge in [0, 0.05) is 18.3 Å². The van der Waals surface area contributed by atoms with Crippen molar-refractivity contribution in [2.24, 2.45) is 0 Å². The first kappa shape index (κ1) is 22.8. The molecule has 3 N–H and O–H groups in total. The Morgan fingerprint density at radius 1 is 1.00 bits per heavy atom. The lowest BCUT2D eigenvalue weighted by Gasteiger charge is -2.30. The average Bonchev–Trinajstić information content (AvgIpc) is 3.25. The van der Waals surface area contributed by atoms with Gasteiger partial charge in [0.15, 0.2) is 0 Å². The van der Waals surface area contributed by atoms with Crippen molar-refractivity contribution in [3.63, 3.8) is 0 Å². The van der Waals surface area contributed by atoms with E-state index in [1.54, 1.807) is 22.6 Å². The van der Waals surface area contributed by atoms with E-state index in [0.717, 1.165) is 25.7 Å². The maximum atomic E-state index is 13.0. The van der Waals surface area contributed by atoms with Crippen molar-refractivity contribution in [3.8, 4) is 0 Å². The summed E-state index contributed by atoms with van der Waals surface area (Å²) in [6.45, 7) is -0.536. The third-order valence-electron chi connectivity index (χ3n) is 5.57. The van der Waals surface area contributed by atoms with Gasteiger partial charge in [-0.1, -0.05) is 12.1 Å². The van der Waals surface area contributed by atoms with Gasteiger partial charge in [-0.3, -0.25) is 9.20 Å². The molecule has 11 heteroatoms. The Bertz CT molecular complexity index is 1100. The molecule has 0 aliphatic heterocycles. The summed E-state index contributed by atoms with van der Waals surface area (Å²) in [6.07, 6.45) is -0.787. The van der Waals surface area contributed by atoms with E-state index in [1.807, 2.05) is 6.07 Å². The highest BCUT2D eigenvalue weighted by atomic mass is 19.3. The number of carbonyl (C=O) groups excluding carboxylic acids is 1. The molecule has 3 aromatic heterocycles. The van der Waals surface area contributed by atoms with Crippen molar-refractivity contribution >= 4 is 23.2 Å². The van der Waals surface area contributed by atoms with Crippen LogP contribution >= 0.6 is 0 Å². The van der Waals surface area contributed by atoms with Crippen molar-refractivity contribution in [2.75, 3.05) is 17.2 Å². The van der Waals surface area contributed by atoms with Crippen LogP contribution in [0.4, 0.5) is 29.2 Å². The first-order valence-electron chi connectivity index (χ1n) is 10.7. The standard InChI is InChI=1S/C22H24F4N6O/c23-17(24)11-27-18-4-1-3-15(30-18)22(33)29-14-9-7-13(8-10-14)28-19-5-2-6-20-31-16(21(25)26)12-32(19)20/h1-6,12-14,17,21,28H,7-11H2,(H,27,30)(H,29,33). The van der Waals surface area contributed by atoms with Gasteiger partial charge in [0.1, 0.15) is 28.7 Å². The largest absolute Gasteiger partial charge is 0.368 e. The summed E-state index contributed by atoms with van der Waals surface area (Å²) in [7, 11) is 0. The summed E-state index contributed by atoms with van der Waals surface area (Å²) in [5.41, 5.74) is 0.350. The van der Waals surface area contributed by atoms with Crippen LogP contribution in [-0.2, 0) is 0 Å². The normalized spacial score (nSPS) is 18.6. The van der Waals surface area contributed by atoms with Crippen LogP contribution in [0.1, 0.15) is 48.3 Å². The molecule has 0 aromatic carbocycles. The number of fused-ring (bicyclic) bond motifs is 1. The van der Waals surface area contributed by atoms with Gasteiger partial charge in [-0.25, -0.2) is 27.5 Å². The van der Waals surface area contributed by atoms with E-state index in [4.69, 9.17) is 0 Å². The minimum absolute atomic E-state index is 0.0375.